The number of rotatable bonds is 5. The molecule has 4 aromatic rings. The van der Waals surface area contributed by atoms with Gasteiger partial charge in [-0.3, -0.25) is 9.48 Å². The maximum atomic E-state index is 12.9. The molecule has 7 nitrogen and oxygen atoms in total. The topological polar surface area (TPSA) is 81.9 Å². The highest BCUT2D eigenvalue weighted by molar-refractivity contribution is 6.02. The smallest absolute Gasteiger partial charge is 0.392 e. The van der Waals surface area contributed by atoms with Gasteiger partial charge in [0.1, 0.15) is 17.8 Å². The average molecular weight is 467 g/mol. The van der Waals surface area contributed by atoms with Crippen LogP contribution in [0.2, 0.25) is 0 Å². The van der Waals surface area contributed by atoms with Crippen molar-refractivity contribution in [2.75, 3.05) is 12.4 Å². The Kier molecular flexibility index (Phi) is 5.22. The Balaban J connectivity index is 1.58. The van der Waals surface area contributed by atoms with Gasteiger partial charge in [0.05, 0.1) is 35.8 Å². The second-order valence-electron chi connectivity index (χ2n) is 8.20. The molecule has 10 heteroatoms. The first-order valence-corrected chi connectivity index (χ1v) is 10.6. The van der Waals surface area contributed by atoms with Crippen molar-refractivity contribution in [2.24, 2.45) is 18.9 Å². The second kappa shape index (κ2) is 8.12. The normalized spacial score (nSPS) is 17.6. The van der Waals surface area contributed by atoms with E-state index in [1.807, 2.05) is 36.5 Å². The lowest BCUT2D eigenvalue weighted by Crippen LogP contribution is -2.20. The second-order valence-corrected chi connectivity index (χ2v) is 8.20. The highest BCUT2D eigenvalue weighted by atomic mass is 19.4. The molecule has 2 aromatic heterocycles. The molecule has 0 bridgehead atoms. The summed E-state index contributed by atoms with van der Waals surface area (Å²) < 4.78 is 45.9. The summed E-state index contributed by atoms with van der Waals surface area (Å²) in [4.78, 5) is 21.3. The number of amides is 1. The van der Waals surface area contributed by atoms with Crippen molar-refractivity contribution in [3.8, 4) is 28.3 Å². The number of ether oxygens (including phenoxy) is 1. The van der Waals surface area contributed by atoms with Crippen LogP contribution < -0.4 is 10.1 Å². The zero-order valence-corrected chi connectivity index (χ0v) is 18.3. The summed E-state index contributed by atoms with van der Waals surface area (Å²) in [6, 6.07) is 12.9. The van der Waals surface area contributed by atoms with Gasteiger partial charge in [-0.1, -0.05) is 30.3 Å². The standard InChI is InChI=1S/C24H20F3N5O2/c1-32-11-16(21(31-32)13-6-4-3-5-7-13)22-15-9-19(20(34-2)10-18(15)28-12-29-22)30-23(33)14-8-17(14)24(25,26)27/h3-7,9-12,14,17H,8H2,1-2H3,(H,30,33). The van der Waals surface area contributed by atoms with Gasteiger partial charge < -0.3 is 10.1 Å². The molecular formula is C24H20F3N5O2. The van der Waals surface area contributed by atoms with Crippen LogP contribution in [0, 0.1) is 11.8 Å². The summed E-state index contributed by atoms with van der Waals surface area (Å²) in [5, 5.41) is 7.80. The van der Waals surface area contributed by atoms with E-state index in [1.54, 1.807) is 23.9 Å². The van der Waals surface area contributed by atoms with Gasteiger partial charge in [0.2, 0.25) is 5.91 Å². The van der Waals surface area contributed by atoms with Crippen molar-refractivity contribution < 1.29 is 22.7 Å². The lowest BCUT2D eigenvalue weighted by atomic mass is 10.0. The van der Waals surface area contributed by atoms with Crippen molar-refractivity contribution in [2.45, 2.75) is 12.6 Å². The number of hydrogen-bond donors (Lipinski definition) is 1. The van der Waals surface area contributed by atoms with Gasteiger partial charge in [-0.05, 0) is 12.5 Å². The number of nitrogens with one attached hydrogen (secondary N) is 1. The first-order valence-electron chi connectivity index (χ1n) is 10.6. The van der Waals surface area contributed by atoms with E-state index in [1.165, 1.54) is 13.4 Å². The number of hydrogen-bond acceptors (Lipinski definition) is 5. The van der Waals surface area contributed by atoms with Crippen LogP contribution in [0.5, 0.6) is 5.75 Å². The van der Waals surface area contributed by atoms with Gasteiger partial charge in [0.25, 0.3) is 0 Å². The average Bonchev–Trinajstić information content (AvgIpc) is 3.55. The predicted octanol–water partition coefficient (Wildman–Crippen LogP) is 4.84. The fourth-order valence-corrected chi connectivity index (χ4v) is 4.11. The Morgan fingerprint density at radius 3 is 2.59 bits per heavy atom. The SMILES string of the molecule is COc1cc2ncnc(-c3cn(C)nc3-c3ccccc3)c2cc1NC(=O)C1CC1C(F)(F)F. The van der Waals surface area contributed by atoms with Gasteiger partial charge in [-0.25, -0.2) is 9.97 Å². The predicted molar refractivity (Wildman–Crippen MR) is 120 cm³/mol. The molecule has 174 valence electrons. The van der Waals surface area contributed by atoms with E-state index in [9.17, 15) is 18.0 Å². The molecular weight excluding hydrogens is 447 g/mol. The number of aromatic nitrogens is 4. The van der Waals surface area contributed by atoms with Gasteiger partial charge >= 0.3 is 6.18 Å². The third kappa shape index (κ3) is 3.95. The Morgan fingerprint density at radius 1 is 1.15 bits per heavy atom. The number of nitrogens with zero attached hydrogens (tertiary/aromatic N) is 4. The summed E-state index contributed by atoms with van der Waals surface area (Å²) in [5.74, 6) is -3.11. The Hall–Kier alpha value is -3.95. The first-order chi connectivity index (χ1) is 16.3. The minimum atomic E-state index is -4.38. The van der Waals surface area contributed by atoms with Gasteiger partial charge in [-0.15, -0.1) is 0 Å². The number of fused-ring (bicyclic) bond motifs is 1. The molecule has 2 aromatic carbocycles. The van der Waals surface area contributed by atoms with E-state index >= 15 is 0 Å². The molecule has 2 atom stereocenters. The van der Waals surface area contributed by atoms with Crippen LogP contribution in [-0.4, -0.2) is 38.9 Å². The Bertz CT molecular complexity index is 1380. The van der Waals surface area contributed by atoms with Crippen molar-refractivity contribution >= 4 is 22.5 Å². The summed E-state index contributed by atoms with van der Waals surface area (Å²) in [6.45, 7) is 0. The molecule has 0 spiro atoms. The molecule has 5 rings (SSSR count). The molecule has 1 N–H and O–H groups in total. The third-order valence-corrected chi connectivity index (χ3v) is 5.89. The summed E-state index contributed by atoms with van der Waals surface area (Å²) >= 11 is 0. The molecule has 1 fully saturated rings. The zero-order valence-electron chi connectivity index (χ0n) is 18.3. The molecule has 1 saturated carbocycles. The van der Waals surface area contributed by atoms with Crippen molar-refractivity contribution in [1.82, 2.24) is 19.7 Å². The third-order valence-electron chi connectivity index (χ3n) is 5.89. The van der Waals surface area contributed by atoms with Crippen LogP contribution in [0.4, 0.5) is 18.9 Å². The van der Waals surface area contributed by atoms with Gasteiger partial charge in [0.15, 0.2) is 0 Å². The van der Waals surface area contributed by atoms with E-state index < -0.39 is 23.9 Å². The quantitative estimate of drug-likeness (QED) is 0.454. The molecule has 0 saturated heterocycles. The summed E-state index contributed by atoms with van der Waals surface area (Å²) in [7, 11) is 3.23. The lowest BCUT2D eigenvalue weighted by molar-refractivity contribution is -0.153. The lowest BCUT2D eigenvalue weighted by Gasteiger charge is -2.13. The number of benzene rings is 2. The zero-order chi connectivity index (χ0) is 24.0. The number of halogens is 3. The summed E-state index contributed by atoms with van der Waals surface area (Å²) in [6.07, 6.45) is -1.33. The van der Waals surface area contributed by atoms with E-state index in [-0.39, 0.29) is 12.1 Å². The first kappa shape index (κ1) is 21.9. The number of alkyl halides is 3. The number of methoxy groups -OCH3 is 1. The van der Waals surface area contributed by atoms with E-state index in [2.05, 4.69) is 20.4 Å². The molecule has 0 aliphatic heterocycles. The van der Waals surface area contributed by atoms with Crippen molar-refractivity contribution in [3.63, 3.8) is 0 Å². The van der Waals surface area contributed by atoms with Crippen LogP contribution >= 0.6 is 0 Å². The van der Waals surface area contributed by atoms with E-state index in [0.29, 0.717) is 22.3 Å². The fourth-order valence-electron chi connectivity index (χ4n) is 4.11. The maximum absolute atomic E-state index is 12.9. The minimum absolute atomic E-state index is 0.213. The Morgan fingerprint density at radius 2 is 1.91 bits per heavy atom. The minimum Gasteiger partial charge on any atom is -0.494 e. The molecule has 34 heavy (non-hydrogen) atoms. The number of carbonyl (C=O) groups is 1. The van der Waals surface area contributed by atoms with Gasteiger partial charge in [0, 0.05) is 35.8 Å². The van der Waals surface area contributed by atoms with Crippen LogP contribution in [0.3, 0.4) is 0 Å². The van der Waals surface area contributed by atoms with E-state index in [4.69, 9.17) is 4.74 Å². The summed E-state index contributed by atoms with van der Waals surface area (Å²) in [5.41, 5.74) is 3.77. The molecule has 0 radical (unpaired) electrons. The number of anilines is 1. The van der Waals surface area contributed by atoms with Crippen molar-refractivity contribution in [1.29, 1.82) is 0 Å². The van der Waals surface area contributed by atoms with Crippen LogP contribution in [0.15, 0.2) is 55.0 Å². The van der Waals surface area contributed by atoms with Crippen LogP contribution in [0.25, 0.3) is 33.4 Å². The molecule has 1 aliphatic carbocycles. The number of aryl methyl sites for hydroxylation is 1. The van der Waals surface area contributed by atoms with Gasteiger partial charge in [-0.2, -0.15) is 18.3 Å². The highest BCUT2D eigenvalue weighted by Crippen LogP contribution is 2.50. The van der Waals surface area contributed by atoms with Crippen molar-refractivity contribution in [3.05, 3.63) is 55.0 Å². The monoisotopic (exact) mass is 467 g/mol. The molecule has 1 aliphatic rings. The fraction of sp³-hybridized carbons (Fsp3) is 0.250. The number of carbonyl (C=O) groups excluding carboxylic acids is 1. The van der Waals surface area contributed by atoms with Crippen LogP contribution in [0.1, 0.15) is 6.42 Å². The van der Waals surface area contributed by atoms with E-state index in [0.717, 1.165) is 16.8 Å². The Labute approximate surface area is 192 Å². The maximum Gasteiger partial charge on any atom is 0.392 e. The molecule has 2 heterocycles. The molecule has 1 amide bonds. The molecule has 2 unspecified atom stereocenters. The largest absolute Gasteiger partial charge is 0.494 e. The van der Waals surface area contributed by atoms with Crippen LogP contribution in [-0.2, 0) is 11.8 Å². The highest BCUT2D eigenvalue weighted by Gasteiger charge is 2.58.